The van der Waals surface area contributed by atoms with E-state index in [4.69, 9.17) is 4.55 Å². The van der Waals surface area contributed by atoms with Crippen LogP contribution in [0.5, 0.6) is 0 Å². The number of carbonyl (C=O) groups is 1. The van der Waals surface area contributed by atoms with Crippen LogP contribution < -0.4 is 5.32 Å². The van der Waals surface area contributed by atoms with Gasteiger partial charge in [0.2, 0.25) is 5.91 Å². The molecule has 2 N–H and O–H groups in total. The molecule has 0 saturated heterocycles. The first kappa shape index (κ1) is 16.1. The Hall–Kier alpha value is -0.880. The van der Waals surface area contributed by atoms with Crippen LogP contribution in [0.15, 0.2) is 12.2 Å². The van der Waals surface area contributed by atoms with E-state index in [9.17, 15) is 13.2 Å². The Balaban J connectivity index is 4.36. The smallest absolute Gasteiger partial charge is 0.286 e. The van der Waals surface area contributed by atoms with Gasteiger partial charge in [0.25, 0.3) is 10.1 Å². The van der Waals surface area contributed by atoms with E-state index in [-0.39, 0.29) is 12.0 Å². The summed E-state index contributed by atoms with van der Waals surface area (Å²) in [6.45, 7) is 6.94. The molecule has 0 aromatic heterocycles. The number of rotatable bonds is 8. The first-order valence-corrected chi connectivity index (χ1v) is 7.22. The minimum atomic E-state index is -4.25. The quantitative estimate of drug-likeness (QED) is 0.398. The molecule has 0 aliphatic carbocycles. The predicted octanol–water partition coefficient (Wildman–Crippen LogP) is 1.86. The van der Waals surface area contributed by atoms with E-state index in [0.29, 0.717) is 6.42 Å². The number of unbranched alkanes of at least 4 members (excludes halogenated alkanes) is 3. The van der Waals surface area contributed by atoms with Crippen LogP contribution in [0.2, 0.25) is 0 Å². The summed E-state index contributed by atoms with van der Waals surface area (Å²) in [5.41, 5.74) is 0.215. The van der Waals surface area contributed by atoms with Gasteiger partial charge in [0, 0.05) is 5.57 Å². The Morgan fingerprint density at radius 2 is 1.94 bits per heavy atom. The second kappa shape index (κ2) is 7.45. The highest BCUT2D eigenvalue weighted by atomic mass is 32.2. The van der Waals surface area contributed by atoms with E-state index < -0.39 is 21.4 Å². The van der Waals surface area contributed by atoms with Crippen molar-refractivity contribution < 1.29 is 17.8 Å². The molecule has 0 aliphatic rings. The van der Waals surface area contributed by atoms with Crippen LogP contribution in [0.25, 0.3) is 0 Å². The fourth-order valence-corrected chi connectivity index (χ4v) is 2.04. The van der Waals surface area contributed by atoms with Gasteiger partial charge < -0.3 is 5.32 Å². The molecule has 5 nitrogen and oxygen atoms in total. The van der Waals surface area contributed by atoms with E-state index >= 15 is 0 Å². The Kier molecular flexibility index (Phi) is 7.06. The van der Waals surface area contributed by atoms with Gasteiger partial charge in [-0.1, -0.05) is 39.2 Å². The van der Waals surface area contributed by atoms with Crippen molar-refractivity contribution in [1.29, 1.82) is 0 Å². The fraction of sp³-hybridized carbons (Fsp3) is 0.727. The molecule has 1 atom stereocenters. The van der Waals surface area contributed by atoms with Crippen LogP contribution in [0.3, 0.4) is 0 Å². The standard InChI is InChI=1S/C11H21NO4S/c1-4-5-6-7-8-10(17(14,15)16)12-11(13)9(2)3/h10H,2,4-8H2,1,3H3,(H,12,13)(H,14,15,16). The minimum Gasteiger partial charge on any atom is -0.334 e. The first-order chi connectivity index (χ1) is 7.79. The lowest BCUT2D eigenvalue weighted by Gasteiger charge is -2.15. The normalized spacial score (nSPS) is 13.1. The van der Waals surface area contributed by atoms with Crippen molar-refractivity contribution in [3.63, 3.8) is 0 Å². The van der Waals surface area contributed by atoms with Gasteiger partial charge in [-0.3, -0.25) is 9.35 Å². The highest BCUT2D eigenvalue weighted by Gasteiger charge is 2.24. The molecule has 100 valence electrons. The van der Waals surface area contributed by atoms with Gasteiger partial charge in [0.1, 0.15) is 0 Å². The van der Waals surface area contributed by atoms with Crippen molar-refractivity contribution in [3.05, 3.63) is 12.2 Å². The molecule has 0 aromatic rings. The second-order valence-corrected chi connectivity index (χ2v) is 5.71. The molecule has 1 unspecified atom stereocenters. The summed E-state index contributed by atoms with van der Waals surface area (Å²) >= 11 is 0. The highest BCUT2D eigenvalue weighted by Crippen LogP contribution is 2.10. The molecule has 0 rings (SSSR count). The van der Waals surface area contributed by atoms with Gasteiger partial charge in [-0.15, -0.1) is 0 Å². The predicted molar refractivity (Wildman–Crippen MR) is 67.1 cm³/mol. The van der Waals surface area contributed by atoms with E-state index in [1.165, 1.54) is 6.92 Å². The molecule has 0 fully saturated rings. The van der Waals surface area contributed by atoms with Crippen LogP contribution in [0.4, 0.5) is 0 Å². The van der Waals surface area contributed by atoms with Gasteiger partial charge >= 0.3 is 0 Å². The molecule has 0 saturated carbocycles. The lowest BCUT2D eigenvalue weighted by molar-refractivity contribution is -0.117. The van der Waals surface area contributed by atoms with Crippen LogP contribution in [0.1, 0.15) is 46.0 Å². The summed E-state index contributed by atoms with van der Waals surface area (Å²) < 4.78 is 31.1. The van der Waals surface area contributed by atoms with Crippen molar-refractivity contribution in [2.75, 3.05) is 0 Å². The van der Waals surface area contributed by atoms with E-state index in [1.54, 1.807) is 0 Å². The zero-order valence-corrected chi connectivity index (χ0v) is 11.2. The van der Waals surface area contributed by atoms with Crippen molar-refractivity contribution in [2.24, 2.45) is 0 Å². The Labute approximate surface area is 103 Å². The number of hydrogen-bond donors (Lipinski definition) is 2. The maximum atomic E-state index is 11.3. The summed E-state index contributed by atoms with van der Waals surface area (Å²) in [4.78, 5) is 11.3. The monoisotopic (exact) mass is 263 g/mol. The van der Waals surface area contributed by atoms with Crippen LogP contribution in [0, 0.1) is 0 Å². The zero-order chi connectivity index (χ0) is 13.5. The number of nitrogens with one attached hydrogen (secondary N) is 1. The number of hydrogen-bond acceptors (Lipinski definition) is 3. The third-order valence-electron chi connectivity index (χ3n) is 2.36. The topological polar surface area (TPSA) is 83.5 Å². The van der Waals surface area contributed by atoms with E-state index in [1.807, 2.05) is 6.92 Å². The first-order valence-electron chi connectivity index (χ1n) is 5.71. The Morgan fingerprint density at radius 3 is 2.35 bits per heavy atom. The second-order valence-electron chi connectivity index (χ2n) is 4.11. The molecule has 0 spiro atoms. The molecule has 0 aliphatic heterocycles. The van der Waals surface area contributed by atoms with Crippen LogP contribution >= 0.6 is 0 Å². The molecule has 0 radical (unpaired) electrons. The van der Waals surface area contributed by atoms with Gasteiger partial charge in [0.05, 0.1) is 0 Å². The highest BCUT2D eigenvalue weighted by molar-refractivity contribution is 7.86. The largest absolute Gasteiger partial charge is 0.334 e. The number of carbonyl (C=O) groups excluding carboxylic acids is 1. The van der Waals surface area contributed by atoms with Crippen LogP contribution in [-0.4, -0.2) is 24.3 Å². The summed E-state index contributed by atoms with van der Waals surface area (Å²) in [6, 6.07) is 0. The van der Waals surface area contributed by atoms with Crippen molar-refractivity contribution in [3.8, 4) is 0 Å². The summed E-state index contributed by atoms with van der Waals surface area (Å²) in [5.74, 6) is -0.553. The lowest BCUT2D eigenvalue weighted by Crippen LogP contribution is -2.40. The van der Waals surface area contributed by atoms with Gasteiger partial charge in [-0.25, -0.2) is 0 Å². The average Bonchev–Trinajstić information content (AvgIpc) is 2.20. The maximum absolute atomic E-state index is 11.3. The third-order valence-corrected chi connectivity index (χ3v) is 3.43. The minimum absolute atomic E-state index is 0.215. The van der Waals surface area contributed by atoms with Crippen molar-refractivity contribution >= 4 is 16.0 Å². The molecular formula is C11H21NO4S. The van der Waals surface area contributed by atoms with Crippen LogP contribution in [-0.2, 0) is 14.9 Å². The molecule has 0 bridgehead atoms. The summed E-state index contributed by atoms with van der Waals surface area (Å²) in [5, 5.41) is 1.02. The zero-order valence-electron chi connectivity index (χ0n) is 10.4. The summed E-state index contributed by atoms with van der Waals surface area (Å²) in [7, 11) is -4.25. The third kappa shape index (κ3) is 7.12. The van der Waals surface area contributed by atoms with Crippen molar-refractivity contribution in [2.45, 2.75) is 51.3 Å². The fourth-order valence-electron chi connectivity index (χ4n) is 1.32. The Bertz CT molecular complexity index is 362. The van der Waals surface area contributed by atoms with Crippen molar-refractivity contribution in [1.82, 2.24) is 5.32 Å². The van der Waals surface area contributed by atoms with Gasteiger partial charge in [-0.2, -0.15) is 8.42 Å². The van der Waals surface area contributed by atoms with E-state index in [2.05, 4.69) is 11.9 Å². The number of amides is 1. The molecule has 17 heavy (non-hydrogen) atoms. The summed E-state index contributed by atoms with van der Waals surface area (Å²) in [6.07, 6.45) is 3.79. The molecular weight excluding hydrogens is 242 g/mol. The molecule has 0 aromatic carbocycles. The Morgan fingerprint density at radius 1 is 1.35 bits per heavy atom. The van der Waals surface area contributed by atoms with Gasteiger partial charge in [0.15, 0.2) is 5.37 Å². The average molecular weight is 263 g/mol. The SMILES string of the molecule is C=C(C)C(=O)NC(CCCCCC)S(=O)(=O)O. The molecule has 0 heterocycles. The lowest BCUT2D eigenvalue weighted by atomic mass is 10.1. The molecule has 1 amide bonds. The molecule has 6 heteroatoms. The van der Waals surface area contributed by atoms with E-state index in [0.717, 1.165) is 19.3 Å². The maximum Gasteiger partial charge on any atom is 0.286 e. The van der Waals surface area contributed by atoms with Gasteiger partial charge in [-0.05, 0) is 13.3 Å².